The fraction of sp³-hybridized carbons (Fsp3) is 0.529. The summed E-state index contributed by atoms with van der Waals surface area (Å²) in [6.07, 6.45) is 5.22. The van der Waals surface area contributed by atoms with E-state index < -0.39 is 5.60 Å². The first kappa shape index (κ1) is 15.9. The van der Waals surface area contributed by atoms with Crippen LogP contribution in [0.25, 0.3) is 11.0 Å². The highest BCUT2D eigenvalue weighted by Crippen LogP contribution is 2.30. The monoisotopic (exact) mass is 319 g/mol. The molecule has 3 N–H and O–H groups in total. The van der Waals surface area contributed by atoms with E-state index in [9.17, 15) is 14.3 Å². The molecule has 1 heterocycles. The maximum Gasteiger partial charge on any atom is 0.222 e. The molecule has 0 radical (unpaired) electrons. The van der Waals surface area contributed by atoms with Gasteiger partial charge in [0.05, 0.1) is 23.1 Å². The average Bonchev–Trinajstić information content (AvgIpc) is 2.89. The number of nitrogens with zero attached hydrogens (tertiary/aromatic N) is 1. The van der Waals surface area contributed by atoms with Crippen LogP contribution in [0.5, 0.6) is 0 Å². The van der Waals surface area contributed by atoms with Crippen LogP contribution in [0.15, 0.2) is 18.2 Å². The van der Waals surface area contributed by atoms with Crippen LogP contribution in [-0.2, 0) is 11.2 Å². The predicted molar refractivity (Wildman–Crippen MR) is 85.4 cm³/mol. The summed E-state index contributed by atoms with van der Waals surface area (Å²) in [4.78, 5) is 19.4. The molecular formula is C17H22FN3O2. The first-order chi connectivity index (χ1) is 11.0. The lowest BCUT2D eigenvalue weighted by Gasteiger charge is -2.31. The third kappa shape index (κ3) is 4.07. The van der Waals surface area contributed by atoms with E-state index in [2.05, 4.69) is 15.3 Å². The quantitative estimate of drug-likeness (QED) is 0.792. The lowest BCUT2D eigenvalue weighted by atomic mass is 9.82. The number of rotatable bonds is 5. The molecule has 23 heavy (non-hydrogen) atoms. The van der Waals surface area contributed by atoms with Crippen LogP contribution in [0.2, 0.25) is 0 Å². The fourth-order valence-corrected chi connectivity index (χ4v) is 3.22. The first-order valence-corrected chi connectivity index (χ1v) is 8.17. The van der Waals surface area contributed by atoms with E-state index >= 15 is 0 Å². The summed E-state index contributed by atoms with van der Waals surface area (Å²) in [5.41, 5.74) is 0.534. The molecule has 1 aliphatic rings. The lowest BCUT2D eigenvalue weighted by Crippen LogP contribution is -2.38. The largest absolute Gasteiger partial charge is 0.389 e. The van der Waals surface area contributed by atoms with Gasteiger partial charge in [-0.2, -0.15) is 0 Å². The molecule has 1 amide bonds. The SMILES string of the molecule is O=C(CC1(O)CCCCC1)NCCc1nc2ccc(F)cc2[nH]1. The number of imidazole rings is 1. The van der Waals surface area contributed by atoms with Gasteiger partial charge in [-0.15, -0.1) is 0 Å². The van der Waals surface area contributed by atoms with E-state index in [0.29, 0.717) is 42.7 Å². The highest BCUT2D eigenvalue weighted by Gasteiger charge is 2.31. The van der Waals surface area contributed by atoms with Crippen molar-refractivity contribution >= 4 is 16.9 Å². The van der Waals surface area contributed by atoms with Crippen molar-refractivity contribution in [3.05, 3.63) is 29.8 Å². The number of carbonyl (C=O) groups excluding carboxylic acids is 1. The minimum absolute atomic E-state index is 0.128. The summed E-state index contributed by atoms with van der Waals surface area (Å²) in [7, 11) is 0. The van der Waals surface area contributed by atoms with Crippen LogP contribution in [0.4, 0.5) is 4.39 Å². The Morgan fingerprint density at radius 2 is 2.13 bits per heavy atom. The van der Waals surface area contributed by atoms with Gasteiger partial charge in [0.1, 0.15) is 11.6 Å². The van der Waals surface area contributed by atoms with E-state index in [0.717, 1.165) is 19.3 Å². The van der Waals surface area contributed by atoms with Crippen LogP contribution < -0.4 is 5.32 Å². The number of fused-ring (bicyclic) bond motifs is 1. The summed E-state index contributed by atoms with van der Waals surface area (Å²) in [6.45, 7) is 0.442. The third-order valence-corrected chi connectivity index (χ3v) is 4.45. The van der Waals surface area contributed by atoms with Gasteiger partial charge in [0.2, 0.25) is 5.91 Å². The van der Waals surface area contributed by atoms with E-state index in [1.807, 2.05) is 0 Å². The number of aliphatic hydroxyl groups is 1. The zero-order valence-corrected chi connectivity index (χ0v) is 13.1. The summed E-state index contributed by atoms with van der Waals surface area (Å²) < 4.78 is 13.1. The van der Waals surface area contributed by atoms with Crippen molar-refractivity contribution in [2.24, 2.45) is 0 Å². The summed E-state index contributed by atoms with van der Waals surface area (Å²) in [5.74, 6) is 0.278. The van der Waals surface area contributed by atoms with Crippen molar-refractivity contribution in [3.63, 3.8) is 0 Å². The minimum atomic E-state index is -0.834. The smallest absolute Gasteiger partial charge is 0.222 e. The van der Waals surface area contributed by atoms with Gasteiger partial charge >= 0.3 is 0 Å². The maximum absolute atomic E-state index is 13.1. The molecule has 1 aliphatic carbocycles. The van der Waals surface area contributed by atoms with Crippen molar-refractivity contribution in [1.29, 1.82) is 0 Å². The van der Waals surface area contributed by atoms with Gasteiger partial charge in [-0.3, -0.25) is 4.79 Å². The van der Waals surface area contributed by atoms with E-state index in [1.54, 1.807) is 6.07 Å². The Morgan fingerprint density at radius 1 is 1.35 bits per heavy atom. The normalized spacial score (nSPS) is 17.3. The van der Waals surface area contributed by atoms with Gasteiger partial charge in [-0.1, -0.05) is 19.3 Å². The molecule has 0 unspecified atom stereocenters. The number of carbonyl (C=O) groups is 1. The number of benzene rings is 1. The number of halogens is 1. The minimum Gasteiger partial charge on any atom is -0.389 e. The molecule has 0 bridgehead atoms. The zero-order valence-electron chi connectivity index (χ0n) is 13.1. The Morgan fingerprint density at radius 3 is 2.91 bits per heavy atom. The highest BCUT2D eigenvalue weighted by molar-refractivity contribution is 5.77. The molecule has 3 rings (SSSR count). The van der Waals surface area contributed by atoms with E-state index in [-0.39, 0.29) is 18.1 Å². The van der Waals surface area contributed by atoms with Crippen LogP contribution >= 0.6 is 0 Å². The van der Waals surface area contributed by atoms with Crippen molar-refractivity contribution in [3.8, 4) is 0 Å². The van der Waals surface area contributed by atoms with E-state index in [4.69, 9.17) is 0 Å². The first-order valence-electron chi connectivity index (χ1n) is 8.17. The molecular weight excluding hydrogens is 297 g/mol. The van der Waals surface area contributed by atoms with Crippen molar-refractivity contribution in [2.75, 3.05) is 6.54 Å². The Hall–Kier alpha value is -1.95. The molecule has 0 aliphatic heterocycles. The number of aromatic nitrogens is 2. The van der Waals surface area contributed by atoms with Crippen LogP contribution in [0.3, 0.4) is 0 Å². The van der Waals surface area contributed by atoms with Crippen LogP contribution in [0.1, 0.15) is 44.3 Å². The van der Waals surface area contributed by atoms with Gasteiger partial charge in [0.15, 0.2) is 0 Å². The van der Waals surface area contributed by atoms with Crippen LogP contribution in [0, 0.1) is 5.82 Å². The number of nitrogens with one attached hydrogen (secondary N) is 2. The van der Waals surface area contributed by atoms with Gasteiger partial charge < -0.3 is 15.4 Å². The second-order valence-corrected chi connectivity index (χ2v) is 6.41. The molecule has 5 nitrogen and oxygen atoms in total. The molecule has 124 valence electrons. The summed E-state index contributed by atoms with van der Waals surface area (Å²) in [6, 6.07) is 4.41. The topological polar surface area (TPSA) is 78.0 Å². The second kappa shape index (κ2) is 6.66. The standard InChI is InChI=1S/C17H22FN3O2/c18-12-4-5-13-14(10-12)21-15(20-13)6-9-19-16(22)11-17(23)7-2-1-3-8-17/h4-5,10,23H,1-3,6-9,11H2,(H,19,22)(H,20,21). The number of H-pyrrole nitrogens is 1. The Kier molecular flexibility index (Phi) is 4.61. The summed E-state index contributed by atoms with van der Waals surface area (Å²) in [5, 5.41) is 13.2. The van der Waals surface area contributed by atoms with Crippen molar-refractivity contribution in [1.82, 2.24) is 15.3 Å². The van der Waals surface area contributed by atoms with Gasteiger partial charge in [-0.05, 0) is 31.0 Å². The Bertz CT molecular complexity index is 692. The number of hydrogen-bond donors (Lipinski definition) is 3. The molecule has 6 heteroatoms. The highest BCUT2D eigenvalue weighted by atomic mass is 19.1. The number of aromatic amines is 1. The molecule has 1 aromatic heterocycles. The molecule has 0 spiro atoms. The molecule has 1 fully saturated rings. The van der Waals surface area contributed by atoms with Gasteiger partial charge in [0.25, 0.3) is 0 Å². The van der Waals surface area contributed by atoms with Crippen LogP contribution in [-0.4, -0.2) is 33.1 Å². The number of hydrogen-bond acceptors (Lipinski definition) is 3. The Labute approximate surface area is 134 Å². The van der Waals surface area contributed by atoms with Gasteiger partial charge in [-0.25, -0.2) is 9.37 Å². The van der Waals surface area contributed by atoms with Gasteiger partial charge in [0, 0.05) is 13.0 Å². The van der Waals surface area contributed by atoms with Crippen molar-refractivity contribution < 1.29 is 14.3 Å². The molecule has 1 aromatic carbocycles. The molecule has 0 atom stereocenters. The fourth-order valence-electron chi connectivity index (χ4n) is 3.22. The predicted octanol–water partition coefficient (Wildman–Crippen LogP) is 2.45. The van der Waals surface area contributed by atoms with E-state index in [1.165, 1.54) is 12.1 Å². The lowest BCUT2D eigenvalue weighted by molar-refractivity contribution is -0.127. The zero-order chi connectivity index (χ0) is 16.3. The maximum atomic E-state index is 13.1. The average molecular weight is 319 g/mol. The Balaban J connectivity index is 1.49. The molecule has 2 aromatic rings. The second-order valence-electron chi connectivity index (χ2n) is 6.41. The molecule has 1 saturated carbocycles. The molecule has 0 saturated heterocycles. The van der Waals surface area contributed by atoms with Crippen molar-refractivity contribution in [2.45, 2.75) is 50.5 Å². The third-order valence-electron chi connectivity index (χ3n) is 4.45. The number of amides is 1. The summed E-state index contributed by atoms with van der Waals surface area (Å²) >= 11 is 0.